The normalized spacial score (nSPS) is 19.7. The molecule has 12 heteroatoms. The Hall–Kier alpha value is -3.96. The van der Waals surface area contributed by atoms with Crippen LogP contribution >= 0.6 is 0 Å². The average molecular weight is 506 g/mol. The number of alkyl halides is 4. The number of nitrogens with two attached hydrogens (primary N) is 1. The molecule has 1 aromatic heterocycles. The Morgan fingerprint density at radius 3 is 2.56 bits per heavy atom. The Balaban J connectivity index is 1.35. The lowest BCUT2D eigenvalue weighted by Crippen LogP contribution is -2.49. The van der Waals surface area contributed by atoms with Gasteiger partial charge in [0, 0.05) is 37.4 Å². The van der Waals surface area contributed by atoms with E-state index < -0.39 is 30.3 Å². The molecule has 0 unspecified atom stereocenters. The highest BCUT2D eigenvalue weighted by molar-refractivity contribution is 5.96. The minimum Gasteiger partial charge on any atom is -0.471 e. The molecule has 2 aliphatic rings. The third kappa shape index (κ3) is 6.18. The second-order valence-corrected chi connectivity index (χ2v) is 8.25. The molecule has 1 saturated heterocycles. The summed E-state index contributed by atoms with van der Waals surface area (Å²) in [7, 11) is 0. The zero-order chi connectivity index (χ0) is 25.9. The summed E-state index contributed by atoms with van der Waals surface area (Å²) >= 11 is 0. The Kier molecular flexibility index (Phi) is 7.22. The third-order valence-corrected chi connectivity index (χ3v) is 5.67. The number of aliphatic imine (C=N–C) groups is 1. The molecule has 2 amide bonds. The highest BCUT2D eigenvalue weighted by atomic mass is 19.4. The van der Waals surface area contributed by atoms with Gasteiger partial charge in [-0.1, -0.05) is 18.2 Å². The second kappa shape index (κ2) is 10.3. The summed E-state index contributed by atoms with van der Waals surface area (Å²) in [4.78, 5) is 34.2. The lowest BCUT2D eigenvalue weighted by atomic mass is 10.0. The number of halogens is 4. The van der Waals surface area contributed by atoms with Gasteiger partial charge in [-0.25, -0.2) is 9.37 Å². The standard InChI is InChI=1S/C24H22F4N4O4/c25-18-13-32(21(33)10-14-3-5-16(6-4-14)36-24(26,27)28)9-7-20(18)35-23-17(22(29)34)11-15(12-31-23)19-2-1-8-30-19/h2-6,8,11-12,18,20H,1,7,9-10,13H2,(H2,29,34)/t18-,20+/m0/s1. The molecule has 0 bridgehead atoms. The quantitative estimate of drug-likeness (QED) is 0.579. The number of piperidine rings is 1. The Labute approximate surface area is 203 Å². The second-order valence-electron chi connectivity index (χ2n) is 8.25. The number of allylic oxidation sites excluding steroid dienone is 1. The van der Waals surface area contributed by atoms with E-state index in [1.807, 2.05) is 6.08 Å². The maximum atomic E-state index is 14.9. The van der Waals surface area contributed by atoms with Crippen molar-refractivity contribution in [2.45, 2.75) is 37.9 Å². The van der Waals surface area contributed by atoms with E-state index in [0.717, 1.165) is 12.1 Å². The van der Waals surface area contributed by atoms with Crippen molar-refractivity contribution in [3.8, 4) is 11.6 Å². The van der Waals surface area contributed by atoms with Gasteiger partial charge in [0.1, 0.15) is 17.4 Å². The van der Waals surface area contributed by atoms with Crippen LogP contribution < -0.4 is 15.2 Å². The lowest BCUT2D eigenvalue weighted by Gasteiger charge is -2.34. The summed E-state index contributed by atoms with van der Waals surface area (Å²) in [5.41, 5.74) is 7.16. The number of ether oxygens (including phenoxy) is 2. The number of amides is 2. The van der Waals surface area contributed by atoms with Gasteiger partial charge < -0.3 is 20.1 Å². The van der Waals surface area contributed by atoms with Crippen LogP contribution in [0.15, 0.2) is 47.6 Å². The minimum absolute atomic E-state index is 0.000782. The van der Waals surface area contributed by atoms with Crippen LogP contribution in [0.5, 0.6) is 11.6 Å². The maximum Gasteiger partial charge on any atom is 0.573 e. The lowest BCUT2D eigenvalue weighted by molar-refractivity contribution is -0.274. The van der Waals surface area contributed by atoms with Gasteiger partial charge in [-0.05, 0) is 23.8 Å². The van der Waals surface area contributed by atoms with Gasteiger partial charge >= 0.3 is 6.36 Å². The summed E-state index contributed by atoms with van der Waals surface area (Å²) in [6, 6.07) is 6.40. The SMILES string of the molecule is NC(=O)c1cc(C2=CCC=N2)cnc1O[C@@H]1CCN(C(=O)Cc2ccc(OC(F)(F)F)cc2)C[C@@H]1F. The van der Waals surface area contributed by atoms with Crippen molar-refractivity contribution in [2.24, 2.45) is 10.7 Å². The Morgan fingerprint density at radius 2 is 1.94 bits per heavy atom. The fourth-order valence-corrected chi connectivity index (χ4v) is 3.90. The number of carbonyl (C=O) groups excluding carboxylic acids is 2. The molecule has 0 spiro atoms. The Bertz CT molecular complexity index is 1200. The molecule has 190 valence electrons. The van der Waals surface area contributed by atoms with Crippen molar-refractivity contribution in [1.82, 2.24) is 9.88 Å². The smallest absolute Gasteiger partial charge is 0.471 e. The number of benzene rings is 1. The predicted molar refractivity (Wildman–Crippen MR) is 121 cm³/mol. The number of rotatable bonds is 7. The van der Waals surface area contributed by atoms with Crippen LogP contribution in [0.3, 0.4) is 0 Å². The first kappa shape index (κ1) is 25.1. The van der Waals surface area contributed by atoms with Gasteiger partial charge in [-0.2, -0.15) is 0 Å². The molecule has 0 saturated carbocycles. The maximum absolute atomic E-state index is 14.9. The van der Waals surface area contributed by atoms with Crippen LogP contribution in [0.2, 0.25) is 0 Å². The van der Waals surface area contributed by atoms with Crippen LogP contribution in [0.1, 0.15) is 34.3 Å². The summed E-state index contributed by atoms with van der Waals surface area (Å²) < 4.78 is 61.3. The van der Waals surface area contributed by atoms with Crippen molar-refractivity contribution in [3.05, 3.63) is 59.3 Å². The Morgan fingerprint density at radius 1 is 1.19 bits per heavy atom. The molecule has 8 nitrogen and oxygen atoms in total. The number of hydrogen-bond donors (Lipinski definition) is 1. The van der Waals surface area contributed by atoms with Crippen LogP contribution in [0.25, 0.3) is 5.70 Å². The van der Waals surface area contributed by atoms with Crippen molar-refractivity contribution >= 4 is 23.7 Å². The zero-order valence-corrected chi connectivity index (χ0v) is 18.9. The van der Waals surface area contributed by atoms with Crippen molar-refractivity contribution in [3.63, 3.8) is 0 Å². The molecular formula is C24H22F4N4O4. The van der Waals surface area contributed by atoms with Crippen molar-refractivity contribution in [1.29, 1.82) is 0 Å². The third-order valence-electron chi connectivity index (χ3n) is 5.67. The summed E-state index contributed by atoms with van der Waals surface area (Å²) in [6.45, 7) is -0.0604. The summed E-state index contributed by atoms with van der Waals surface area (Å²) in [5.74, 6) is -1.66. The summed E-state index contributed by atoms with van der Waals surface area (Å²) in [6.07, 6.45) is -1.59. The van der Waals surface area contributed by atoms with Gasteiger partial charge in [0.05, 0.1) is 18.7 Å². The molecule has 2 aliphatic heterocycles. The first-order valence-electron chi connectivity index (χ1n) is 11.0. The number of primary amides is 1. The monoisotopic (exact) mass is 506 g/mol. The molecular weight excluding hydrogens is 484 g/mol. The van der Waals surface area contributed by atoms with Crippen molar-refractivity contribution < 1.29 is 36.6 Å². The first-order valence-corrected chi connectivity index (χ1v) is 11.0. The van der Waals surface area contributed by atoms with Gasteiger partial charge in [0.15, 0.2) is 6.17 Å². The minimum atomic E-state index is -4.81. The first-order chi connectivity index (χ1) is 17.1. The molecule has 1 aromatic carbocycles. The van der Waals surface area contributed by atoms with Gasteiger partial charge in [-0.3, -0.25) is 14.6 Å². The topological polar surface area (TPSA) is 107 Å². The van der Waals surface area contributed by atoms with E-state index in [4.69, 9.17) is 10.5 Å². The van der Waals surface area contributed by atoms with E-state index in [-0.39, 0.29) is 43.3 Å². The fourth-order valence-electron chi connectivity index (χ4n) is 3.90. The molecule has 2 atom stereocenters. The van der Waals surface area contributed by atoms with E-state index in [1.165, 1.54) is 29.3 Å². The molecule has 2 aromatic rings. The number of carbonyl (C=O) groups is 2. The number of hydrogen-bond acceptors (Lipinski definition) is 6. The zero-order valence-electron chi connectivity index (χ0n) is 18.9. The van der Waals surface area contributed by atoms with Crippen LogP contribution in [-0.2, 0) is 11.2 Å². The van der Waals surface area contributed by atoms with Crippen molar-refractivity contribution in [2.75, 3.05) is 13.1 Å². The van der Waals surface area contributed by atoms with E-state index >= 15 is 0 Å². The molecule has 1 fully saturated rings. The van der Waals surface area contributed by atoms with E-state index in [2.05, 4.69) is 14.7 Å². The molecule has 36 heavy (non-hydrogen) atoms. The molecule has 0 radical (unpaired) electrons. The van der Waals surface area contributed by atoms with Crippen LogP contribution in [0.4, 0.5) is 17.6 Å². The molecule has 3 heterocycles. The number of aromatic nitrogens is 1. The van der Waals surface area contributed by atoms with Crippen LogP contribution in [-0.4, -0.2) is 59.6 Å². The number of pyridine rings is 1. The highest BCUT2D eigenvalue weighted by Gasteiger charge is 2.34. The molecule has 4 rings (SSSR count). The fraction of sp³-hybridized carbons (Fsp3) is 0.333. The number of likely N-dealkylation sites (tertiary alicyclic amines) is 1. The molecule has 0 aliphatic carbocycles. The van der Waals surface area contributed by atoms with E-state index in [9.17, 15) is 27.2 Å². The van der Waals surface area contributed by atoms with Gasteiger partial charge in [-0.15, -0.1) is 13.2 Å². The highest BCUT2D eigenvalue weighted by Crippen LogP contribution is 2.28. The van der Waals surface area contributed by atoms with Crippen LogP contribution in [0, 0.1) is 0 Å². The molecule has 2 N–H and O–H groups in total. The van der Waals surface area contributed by atoms with Gasteiger partial charge in [0.25, 0.3) is 5.91 Å². The number of nitrogens with zero attached hydrogens (tertiary/aromatic N) is 3. The van der Waals surface area contributed by atoms with E-state index in [0.29, 0.717) is 23.2 Å². The van der Waals surface area contributed by atoms with E-state index in [1.54, 1.807) is 6.21 Å². The largest absolute Gasteiger partial charge is 0.573 e. The van der Waals surface area contributed by atoms with Gasteiger partial charge in [0.2, 0.25) is 11.8 Å². The average Bonchev–Trinajstić information content (AvgIpc) is 3.36. The predicted octanol–water partition coefficient (Wildman–Crippen LogP) is 3.46. The summed E-state index contributed by atoms with van der Waals surface area (Å²) in [5, 5.41) is 0.